The van der Waals surface area contributed by atoms with Crippen LogP contribution >= 0.6 is 0 Å². The number of phenolic OH excluding ortho intramolecular Hbond substituents is 3. The van der Waals surface area contributed by atoms with Gasteiger partial charge in [-0.25, -0.2) is 0 Å². The quantitative estimate of drug-likeness (QED) is 0.0598. The van der Waals surface area contributed by atoms with Crippen LogP contribution in [0.2, 0.25) is 0 Å². The van der Waals surface area contributed by atoms with E-state index in [1.54, 1.807) is 61.5 Å². The summed E-state index contributed by atoms with van der Waals surface area (Å²) < 4.78 is 93.6. The second kappa shape index (κ2) is 16.3. The van der Waals surface area contributed by atoms with Crippen LogP contribution in [-0.2, 0) is 46.0 Å². The summed E-state index contributed by atoms with van der Waals surface area (Å²) in [7, 11) is -11.5. The Bertz CT molecular complexity index is 4400. The predicted octanol–water partition coefficient (Wildman–Crippen LogP) is 11.9. The van der Waals surface area contributed by atoms with Gasteiger partial charge < -0.3 is 15.3 Å². The standard InChI is InChI=1S/C19H16O7S2.C18H14O5S.C17H12/c1-10-7-11(9-27(21,22)23)13-4-5-14-16(20)8-17(28(24,25)26-2)15-6-3-12(10)18(13)19(14)15;1-9-6-10(8-24(21,22)23)12-3-5-14-16(20)7-15(19)13-4-2-11(9)17(12)18(13)14;1-11-5-6-14-8-7-12-3-2-4-13-9-10-15(11)17(14)16(12)13/h3-8,20H,9H2,1-2H3,(H,21,22,23);2-7,19-20H,8H2,1H3,(H,21,22,23);2-10H,1H3. The van der Waals surface area contributed by atoms with Crippen LogP contribution in [0.5, 0.6) is 17.2 Å². The number of hydrogen-bond donors (Lipinski definition) is 5. The summed E-state index contributed by atoms with van der Waals surface area (Å²) in [5.41, 5.74) is 3.86. The van der Waals surface area contributed by atoms with Gasteiger partial charge in [0.15, 0.2) is 0 Å². The fraction of sp³-hybridized carbons (Fsp3) is 0.111. The number of aromatic hydroxyl groups is 3. The second-order valence-corrected chi connectivity index (χ2v) is 22.1. The molecule has 12 aromatic carbocycles. The molecule has 0 unspecified atom stereocenters. The van der Waals surface area contributed by atoms with Gasteiger partial charge in [0.25, 0.3) is 30.4 Å². The van der Waals surface area contributed by atoms with E-state index < -0.39 is 41.9 Å². The summed E-state index contributed by atoms with van der Waals surface area (Å²) in [5.74, 6) is -1.35. The van der Waals surface area contributed by atoms with Crippen molar-refractivity contribution in [3.05, 3.63) is 155 Å². The Hall–Kier alpha value is -7.11. The lowest BCUT2D eigenvalue weighted by atomic mass is 9.89. The zero-order valence-electron chi connectivity index (χ0n) is 37.4. The van der Waals surface area contributed by atoms with Gasteiger partial charge in [-0.2, -0.15) is 25.3 Å². The molecule has 0 amide bonds. The average molecular weight is 979 g/mol. The average Bonchev–Trinajstić information content (AvgIpc) is 3.29. The Morgan fingerprint density at radius 2 is 0.754 bits per heavy atom. The molecule has 0 heterocycles. The van der Waals surface area contributed by atoms with Crippen molar-refractivity contribution in [2.45, 2.75) is 37.2 Å². The lowest BCUT2D eigenvalue weighted by Gasteiger charge is -2.18. The Kier molecular flexibility index (Phi) is 10.8. The molecule has 0 radical (unpaired) electrons. The third-order valence-corrected chi connectivity index (χ3v) is 15.9. The minimum absolute atomic E-state index is 0.0350. The van der Waals surface area contributed by atoms with Crippen LogP contribution in [0.4, 0.5) is 0 Å². The van der Waals surface area contributed by atoms with E-state index in [1.165, 1.54) is 43.9 Å². The molecule has 348 valence electrons. The van der Waals surface area contributed by atoms with E-state index in [-0.39, 0.29) is 22.1 Å². The number of benzene rings is 12. The van der Waals surface area contributed by atoms with Gasteiger partial charge >= 0.3 is 0 Å². The SMILES string of the molecule is COS(=O)(=O)c1cc(O)c2ccc3c(CS(=O)(=O)O)cc(C)c4ccc1c2c43.Cc1cc(CS(=O)(=O)O)c2ccc3c(O)cc(O)c4ccc1c2c43.Cc1ccc2ccc3cccc4ccc1c2c34. The Morgan fingerprint density at radius 1 is 0.391 bits per heavy atom. The van der Waals surface area contributed by atoms with Crippen LogP contribution in [0.3, 0.4) is 0 Å². The largest absolute Gasteiger partial charge is 0.507 e. The molecule has 0 saturated heterocycles. The third-order valence-electron chi connectivity index (χ3n) is 13.2. The summed E-state index contributed by atoms with van der Waals surface area (Å²) >= 11 is 0. The topological polar surface area (TPSA) is 213 Å². The molecule has 0 fully saturated rings. The first-order valence-corrected chi connectivity index (χ1v) is 26.2. The van der Waals surface area contributed by atoms with Crippen LogP contribution in [0.25, 0.3) is 97.0 Å². The van der Waals surface area contributed by atoms with E-state index in [0.29, 0.717) is 59.6 Å². The smallest absolute Gasteiger partial charge is 0.297 e. The first kappa shape index (κ1) is 45.7. The molecule has 12 aromatic rings. The maximum absolute atomic E-state index is 12.4. The molecule has 0 atom stereocenters. The molecule has 12 nitrogen and oxygen atoms in total. The predicted molar refractivity (Wildman–Crippen MR) is 274 cm³/mol. The Morgan fingerprint density at radius 3 is 1.25 bits per heavy atom. The summed E-state index contributed by atoms with van der Waals surface area (Å²) in [6, 6.07) is 39.5. The maximum atomic E-state index is 12.4. The van der Waals surface area contributed by atoms with Gasteiger partial charge in [0.05, 0.1) is 7.11 Å². The van der Waals surface area contributed by atoms with Crippen LogP contribution in [0.15, 0.2) is 132 Å². The minimum Gasteiger partial charge on any atom is -0.507 e. The fourth-order valence-corrected chi connectivity index (χ4v) is 12.4. The van der Waals surface area contributed by atoms with Crippen molar-refractivity contribution in [2.24, 2.45) is 0 Å². The highest BCUT2D eigenvalue weighted by Crippen LogP contribution is 2.46. The molecule has 0 aliphatic carbocycles. The number of phenols is 3. The van der Waals surface area contributed by atoms with Gasteiger partial charge in [0.2, 0.25) is 0 Å². The van der Waals surface area contributed by atoms with Crippen molar-refractivity contribution < 1.29 is 53.9 Å². The molecule has 5 N–H and O–H groups in total. The highest BCUT2D eigenvalue weighted by atomic mass is 32.2. The zero-order chi connectivity index (χ0) is 49.1. The summed E-state index contributed by atoms with van der Waals surface area (Å²) in [6.45, 7) is 5.84. The van der Waals surface area contributed by atoms with Crippen molar-refractivity contribution in [1.82, 2.24) is 0 Å². The van der Waals surface area contributed by atoms with E-state index in [4.69, 9.17) is 0 Å². The molecule has 0 saturated carbocycles. The van der Waals surface area contributed by atoms with Crippen molar-refractivity contribution in [1.29, 1.82) is 0 Å². The lowest BCUT2D eigenvalue weighted by molar-refractivity contribution is 0.397. The Labute approximate surface area is 395 Å². The third kappa shape index (κ3) is 7.77. The Balaban J connectivity index is 0.000000123. The van der Waals surface area contributed by atoms with Gasteiger partial charge in [-0.05, 0) is 131 Å². The highest BCUT2D eigenvalue weighted by molar-refractivity contribution is 7.87. The summed E-state index contributed by atoms with van der Waals surface area (Å²) in [4.78, 5) is -0.174. The number of aryl methyl sites for hydroxylation is 3. The molecular weight excluding hydrogens is 937 g/mol. The van der Waals surface area contributed by atoms with Crippen LogP contribution in [-0.4, -0.2) is 56.8 Å². The molecule has 0 aromatic heterocycles. The summed E-state index contributed by atoms with van der Waals surface area (Å²) in [6.07, 6.45) is 0. The number of hydrogen-bond acceptors (Lipinski definition) is 10. The maximum Gasteiger partial charge on any atom is 0.297 e. The highest BCUT2D eigenvalue weighted by Gasteiger charge is 2.25. The van der Waals surface area contributed by atoms with Crippen LogP contribution in [0, 0.1) is 20.8 Å². The van der Waals surface area contributed by atoms with Crippen molar-refractivity contribution in [3.8, 4) is 17.2 Å². The summed E-state index contributed by atoms with van der Waals surface area (Å²) in [5, 5.41) is 46.5. The van der Waals surface area contributed by atoms with Gasteiger partial charge in [0, 0.05) is 44.5 Å². The first-order valence-electron chi connectivity index (χ1n) is 21.5. The molecule has 15 heteroatoms. The van der Waals surface area contributed by atoms with Gasteiger partial charge in [-0.15, -0.1) is 0 Å². The van der Waals surface area contributed by atoms with Crippen molar-refractivity contribution in [3.63, 3.8) is 0 Å². The zero-order valence-corrected chi connectivity index (χ0v) is 39.8. The second-order valence-electron chi connectivity index (χ2n) is 17.5. The van der Waals surface area contributed by atoms with E-state index >= 15 is 0 Å². The molecule has 12 rings (SSSR count). The molecular formula is C54H42O12S3. The number of rotatable bonds is 6. The lowest BCUT2D eigenvalue weighted by Crippen LogP contribution is -2.05. The van der Waals surface area contributed by atoms with Crippen molar-refractivity contribution in [2.75, 3.05) is 7.11 Å². The first-order chi connectivity index (χ1) is 32.6. The van der Waals surface area contributed by atoms with Crippen LogP contribution in [0.1, 0.15) is 27.8 Å². The fourth-order valence-electron chi connectivity index (χ4n) is 10.2. The van der Waals surface area contributed by atoms with E-state index in [0.717, 1.165) is 40.5 Å². The monoisotopic (exact) mass is 978 g/mol. The molecule has 0 spiro atoms. The van der Waals surface area contributed by atoms with Gasteiger partial charge in [-0.1, -0.05) is 97.1 Å². The molecule has 0 aliphatic heterocycles. The van der Waals surface area contributed by atoms with Crippen molar-refractivity contribution >= 4 is 127 Å². The van der Waals surface area contributed by atoms with E-state index in [1.807, 2.05) is 13.0 Å². The van der Waals surface area contributed by atoms with Gasteiger partial charge in [0.1, 0.15) is 33.6 Å². The van der Waals surface area contributed by atoms with Gasteiger partial charge in [-0.3, -0.25) is 13.3 Å². The normalized spacial score (nSPS) is 12.6. The molecule has 69 heavy (non-hydrogen) atoms. The molecule has 0 aliphatic rings. The van der Waals surface area contributed by atoms with Crippen LogP contribution < -0.4 is 0 Å². The van der Waals surface area contributed by atoms with E-state index in [9.17, 15) is 49.7 Å². The molecule has 0 bridgehead atoms. The van der Waals surface area contributed by atoms with E-state index in [2.05, 4.69) is 65.7 Å². The minimum atomic E-state index is -4.27.